The van der Waals surface area contributed by atoms with Gasteiger partial charge in [-0.2, -0.15) is 0 Å². The number of methoxy groups -OCH3 is 1. The van der Waals surface area contributed by atoms with Gasteiger partial charge in [0.1, 0.15) is 6.10 Å². The minimum Gasteiger partial charge on any atom is -0.469 e. The molecule has 0 N–H and O–H groups in total. The summed E-state index contributed by atoms with van der Waals surface area (Å²) < 4.78 is 11.4. The average molecular weight is 513 g/mol. The summed E-state index contributed by atoms with van der Waals surface area (Å²) in [7, 11) is 1.59. The van der Waals surface area contributed by atoms with Crippen molar-refractivity contribution in [2.45, 2.75) is 119 Å². The van der Waals surface area contributed by atoms with Crippen molar-refractivity contribution in [2.75, 3.05) is 7.11 Å². The molecule has 0 bridgehead atoms. The summed E-state index contributed by atoms with van der Waals surface area (Å²) in [6.07, 6.45) is 11.1. The minimum absolute atomic E-state index is 0.0130. The third-order valence-corrected chi connectivity index (χ3v) is 13.9. The molecule has 37 heavy (non-hydrogen) atoms. The van der Waals surface area contributed by atoms with Gasteiger partial charge in [-0.3, -0.25) is 9.59 Å². The van der Waals surface area contributed by atoms with E-state index in [1.807, 2.05) is 0 Å². The fraction of sp³-hybridized carbons (Fsp3) is 0.879. The second-order valence-corrected chi connectivity index (χ2v) is 15.3. The van der Waals surface area contributed by atoms with Gasteiger partial charge < -0.3 is 9.47 Å². The van der Waals surface area contributed by atoms with E-state index in [9.17, 15) is 9.59 Å². The van der Waals surface area contributed by atoms with Crippen LogP contribution in [0.2, 0.25) is 0 Å². The van der Waals surface area contributed by atoms with Crippen LogP contribution in [0.25, 0.3) is 0 Å². The van der Waals surface area contributed by atoms with Crippen molar-refractivity contribution in [1.29, 1.82) is 0 Å². The molecule has 0 heterocycles. The monoisotopic (exact) mass is 512 g/mol. The Balaban J connectivity index is 1.52. The van der Waals surface area contributed by atoms with E-state index < -0.39 is 0 Å². The fourth-order valence-electron chi connectivity index (χ4n) is 12.1. The highest BCUT2D eigenvalue weighted by atomic mass is 16.5. The molecular formula is C33H52O4. The lowest BCUT2D eigenvalue weighted by Crippen LogP contribution is -2.67. The Kier molecular flexibility index (Phi) is 6.33. The summed E-state index contributed by atoms with van der Waals surface area (Å²) >= 11 is 0. The van der Waals surface area contributed by atoms with E-state index in [4.69, 9.17) is 9.47 Å². The highest BCUT2D eigenvalue weighted by molar-refractivity contribution is 5.78. The molecule has 0 amide bonds. The van der Waals surface area contributed by atoms with E-state index in [-0.39, 0.29) is 45.1 Å². The van der Waals surface area contributed by atoms with Gasteiger partial charge in [0.2, 0.25) is 0 Å². The lowest BCUT2D eigenvalue weighted by atomic mass is 9.32. The molecule has 5 fully saturated rings. The zero-order chi connectivity index (χ0) is 27.2. The summed E-state index contributed by atoms with van der Waals surface area (Å²) in [5, 5.41) is 0. The van der Waals surface area contributed by atoms with Crippen LogP contribution in [0.5, 0.6) is 0 Å². The van der Waals surface area contributed by atoms with Crippen LogP contribution < -0.4 is 0 Å². The van der Waals surface area contributed by atoms with Crippen LogP contribution in [0.4, 0.5) is 0 Å². The molecule has 4 nitrogen and oxygen atoms in total. The van der Waals surface area contributed by atoms with Crippen molar-refractivity contribution in [2.24, 2.45) is 56.7 Å². The van der Waals surface area contributed by atoms with E-state index >= 15 is 0 Å². The van der Waals surface area contributed by atoms with Gasteiger partial charge in [0.05, 0.1) is 12.5 Å². The third-order valence-electron chi connectivity index (χ3n) is 13.9. The predicted octanol–water partition coefficient (Wildman–Crippen LogP) is 7.75. The smallest absolute Gasteiger partial charge is 0.312 e. The quantitative estimate of drug-likeness (QED) is 0.286. The second kappa shape index (κ2) is 8.59. The topological polar surface area (TPSA) is 52.6 Å². The molecule has 0 aromatic rings. The molecule has 4 heteroatoms. The number of allylic oxidation sites excluding steroid dienone is 1. The van der Waals surface area contributed by atoms with Crippen molar-refractivity contribution < 1.29 is 19.1 Å². The molecule has 208 valence electrons. The molecule has 0 aliphatic heterocycles. The van der Waals surface area contributed by atoms with Crippen LogP contribution in [-0.2, 0) is 19.1 Å². The molecule has 5 aliphatic carbocycles. The van der Waals surface area contributed by atoms with Gasteiger partial charge in [0.15, 0.2) is 0 Å². The Morgan fingerprint density at radius 3 is 2.11 bits per heavy atom. The van der Waals surface area contributed by atoms with Crippen LogP contribution >= 0.6 is 0 Å². The Morgan fingerprint density at radius 1 is 0.784 bits per heavy atom. The standard InChI is InChI=1S/C33H52O4/c1-20(2)22-12-17-33(28(35)36-9)19-18-31(7)23(27(22)33)10-11-25-30(6)15-14-26(37-21(3)34)29(4,5)24(30)13-16-32(25,31)8/h22-27H,1,10-19H2,2-9H3/t22-,23-,24-,25+,26-,27-,30-,31+,32+,33-/m0/s1. The van der Waals surface area contributed by atoms with Crippen LogP contribution in [-0.4, -0.2) is 25.2 Å². The molecule has 0 saturated heterocycles. The van der Waals surface area contributed by atoms with Crippen molar-refractivity contribution >= 4 is 11.9 Å². The first-order valence-corrected chi connectivity index (χ1v) is 15.1. The van der Waals surface area contributed by atoms with Crippen LogP contribution in [0.1, 0.15) is 113 Å². The average Bonchev–Trinajstić information content (AvgIpc) is 3.22. The molecule has 0 aromatic heterocycles. The van der Waals surface area contributed by atoms with E-state index in [0.29, 0.717) is 29.6 Å². The van der Waals surface area contributed by atoms with Gasteiger partial charge >= 0.3 is 11.9 Å². The molecular weight excluding hydrogens is 460 g/mol. The lowest BCUT2D eigenvalue weighted by Gasteiger charge is -2.72. The first kappa shape index (κ1) is 27.3. The Morgan fingerprint density at radius 2 is 1.49 bits per heavy atom. The van der Waals surface area contributed by atoms with Crippen LogP contribution in [0.15, 0.2) is 12.2 Å². The Labute approximate surface area is 225 Å². The normalized spacial score (nSPS) is 50.1. The number of hydrogen-bond donors (Lipinski definition) is 0. The summed E-state index contributed by atoms with van der Waals surface area (Å²) in [4.78, 5) is 25.3. The fourth-order valence-corrected chi connectivity index (χ4v) is 12.1. The van der Waals surface area contributed by atoms with Gasteiger partial charge in [-0.25, -0.2) is 0 Å². The maximum atomic E-state index is 13.4. The zero-order valence-corrected chi connectivity index (χ0v) is 24.9. The number of esters is 2. The SMILES string of the molecule is C=C(C)[C@@H]1CC[C@]2(C(=O)OC)CC[C@]3(C)[C@@H](CC[C@@H]4[C@@]5(C)CC[C@H](OC(C)=O)C(C)(C)[C@@H]5CC[C@]43C)[C@H]12. The molecule has 5 saturated carbocycles. The van der Waals surface area contributed by atoms with Gasteiger partial charge in [-0.05, 0) is 117 Å². The van der Waals surface area contributed by atoms with E-state index in [0.717, 1.165) is 38.5 Å². The molecule has 0 spiro atoms. The number of carbonyl (C=O) groups excluding carboxylic acids is 2. The predicted molar refractivity (Wildman–Crippen MR) is 147 cm³/mol. The third kappa shape index (κ3) is 3.45. The Hall–Kier alpha value is -1.32. The Bertz CT molecular complexity index is 983. The number of ether oxygens (including phenoxy) is 2. The molecule has 10 atom stereocenters. The number of fused-ring (bicyclic) bond motifs is 7. The van der Waals surface area contributed by atoms with E-state index in [1.54, 1.807) is 14.0 Å². The molecule has 0 aromatic carbocycles. The second-order valence-electron chi connectivity index (χ2n) is 15.3. The molecule has 0 radical (unpaired) electrons. The summed E-state index contributed by atoms with van der Waals surface area (Å²) in [6.45, 7) is 20.7. The zero-order valence-electron chi connectivity index (χ0n) is 24.9. The number of rotatable bonds is 3. The van der Waals surface area contributed by atoms with Crippen molar-refractivity contribution in [1.82, 2.24) is 0 Å². The van der Waals surface area contributed by atoms with Crippen molar-refractivity contribution in [3.05, 3.63) is 12.2 Å². The lowest BCUT2D eigenvalue weighted by molar-refractivity contribution is -0.250. The van der Waals surface area contributed by atoms with Gasteiger partial charge in [-0.1, -0.05) is 46.8 Å². The maximum absolute atomic E-state index is 13.4. The summed E-state index contributed by atoms with van der Waals surface area (Å²) in [6, 6.07) is 0. The first-order chi connectivity index (χ1) is 17.2. The van der Waals surface area contributed by atoms with Crippen molar-refractivity contribution in [3.8, 4) is 0 Å². The maximum Gasteiger partial charge on any atom is 0.312 e. The summed E-state index contributed by atoms with van der Waals surface area (Å²) in [5.74, 6) is 2.43. The number of carbonyl (C=O) groups is 2. The van der Waals surface area contributed by atoms with Gasteiger partial charge in [-0.15, -0.1) is 0 Å². The number of hydrogen-bond acceptors (Lipinski definition) is 4. The van der Waals surface area contributed by atoms with E-state index in [2.05, 4.69) is 48.1 Å². The molecule has 0 unspecified atom stereocenters. The molecule has 5 aliphatic rings. The van der Waals surface area contributed by atoms with Crippen LogP contribution in [0, 0.1) is 56.7 Å². The minimum atomic E-state index is -0.322. The highest BCUT2D eigenvalue weighted by Crippen LogP contribution is 2.77. The van der Waals surface area contributed by atoms with E-state index in [1.165, 1.54) is 31.3 Å². The van der Waals surface area contributed by atoms with Gasteiger partial charge in [0.25, 0.3) is 0 Å². The molecule has 5 rings (SSSR count). The summed E-state index contributed by atoms with van der Waals surface area (Å²) in [5.41, 5.74) is 1.63. The highest BCUT2D eigenvalue weighted by Gasteiger charge is 2.72. The largest absolute Gasteiger partial charge is 0.469 e. The van der Waals surface area contributed by atoms with Crippen molar-refractivity contribution in [3.63, 3.8) is 0 Å². The first-order valence-electron chi connectivity index (χ1n) is 15.1. The van der Waals surface area contributed by atoms with Crippen LogP contribution in [0.3, 0.4) is 0 Å². The van der Waals surface area contributed by atoms with Gasteiger partial charge in [0, 0.05) is 12.3 Å².